The van der Waals surface area contributed by atoms with E-state index in [1.54, 1.807) is 0 Å². The minimum Gasteiger partial charge on any atom is -0.508 e. The van der Waals surface area contributed by atoms with Gasteiger partial charge in [-0.05, 0) is 69.9 Å². The molecule has 2 nitrogen and oxygen atoms in total. The fourth-order valence-corrected chi connectivity index (χ4v) is 4.27. The standard InChI is InChI=1S/C20H28O2/c1-12(2)6-5-7-15-11-22-20-14(4)10-17(21)18-13(3)8-9-16(15)19(18)20/h6,10,13,15-16,21H,5,7-9,11H2,1-4H3/t13-,15-,16+/m1/s1. The lowest BCUT2D eigenvalue weighted by atomic mass is 9.69. The van der Waals surface area contributed by atoms with Crippen molar-refractivity contribution in [3.63, 3.8) is 0 Å². The molecular weight excluding hydrogens is 272 g/mol. The zero-order valence-corrected chi connectivity index (χ0v) is 14.3. The van der Waals surface area contributed by atoms with E-state index in [9.17, 15) is 5.11 Å². The summed E-state index contributed by atoms with van der Waals surface area (Å²) in [7, 11) is 0. The van der Waals surface area contributed by atoms with Gasteiger partial charge in [0.05, 0.1) is 6.61 Å². The SMILES string of the molecule is CC(C)=CCC[C@@H]1COc2c(C)cc(O)c3c2[C@H]1CC[C@H]3C. The Morgan fingerprint density at radius 3 is 2.82 bits per heavy atom. The van der Waals surface area contributed by atoms with Gasteiger partial charge in [-0.25, -0.2) is 0 Å². The van der Waals surface area contributed by atoms with Crippen molar-refractivity contribution in [2.75, 3.05) is 6.61 Å². The summed E-state index contributed by atoms with van der Waals surface area (Å²) in [4.78, 5) is 0. The summed E-state index contributed by atoms with van der Waals surface area (Å²) in [5.41, 5.74) is 4.95. The maximum Gasteiger partial charge on any atom is 0.126 e. The van der Waals surface area contributed by atoms with E-state index in [-0.39, 0.29) is 0 Å². The monoisotopic (exact) mass is 300 g/mol. The maximum atomic E-state index is 10.4. The number of aromatic hydroxyl groups is 1. The van der Waals surface area contributed by atoms with Crippen LogP contribution in [0.1, 0.15) is 75.0 Å². The Hall–Kier alpha value is -1.44. The molecule has 0 aromatic heterocycles. The molecule has 3 rings (SSSR count). The van der Waals surface area contributed by atoms with Crippen molar-refractivity contribution in [2.45, 2.75) is 65.2 Å². The van der Waals surface area contributed by atoms with Crippen LogP contribution in [0.3, 0.4) is 0 Å². The van der Waals surface area contributed by atoms with Crippen LogP contribution in [0.15, 0.2) is 17.7 Å². The molecule has 0 amide bonds. The van der Waals surface area contributed by atoms with Crippen molar-refractivity contribution in [3.8, 4) is 11.5 Å². The molecule has 1 aliphatic heterocycles. The minimum absolute atomic E-state index is 0.436. The first kappa shape index (κ1) is 15.5. The molecule has 1 aromatic carbocycles. The van der Waals surface area contributed by atoms with E-state index < -0.39 is 0 Å². The summed E-state index contributed by atoms with van der Waals surface area (Å²) in [6.07, 6.45) is 7.04. The predicted octanol–water partition coefficient (Wildman–Crippen LogP) is 5.44. The van der Waals surface area contributed by atoms with Crippen LogP contribution >= 0.6 is 0 Å². The van der Waals surface area contributed by atoms with Crippen molar-refractivity contribution in [3.05, 3.63) is 34.4 Å². The predicted molar refractivity (Wildman–Crippen MR) is 90.9 cm³/mol. The van der Waals surface area contributed by atoms with E-state index in [1.165, 1.54) is 30.4 Å². The van der Waals surface area contributed by atoms with Crippen LogP contribution in [-0.2, 0) is 0 Å². The molecule has 0 radical (unpaired) electrons. The van der Waals surface area contributed by atoms with Crippen LogP contribution in [0.2, 0.25) is 0 Å². The zero-order chi connectivity index (χ0) is 15.9. The largest absolute Gasteiger partial charge is 0.508 e. The number of hydrogen-bond donors (Lipinski definition) is 1. The molecule has 1 N–H and O–H groups in total. The highest BCUT2D eigenvalue weighted by Gasteiger charge is 2.38. The lowest BCUT2D eigenvalue weighted by Gasteiger charge is -2.40. The van der Waals surface area contributed by atoms with Gasteiger partial charge in [0.25, 0.3) is 0 Å². The number of rotatable bonds is 3. The maximum absolute atomic E-state index is 10.4. The second-order valence-corrected chi connectivity index (χ2v) is 7.38. The molecule has 0 spiro atoms. The second kappa shape index (κ2) is 5.98. The number of benzene rings is 1. The molecule has 0 saturated heterocycles. The zero-order valence-electron chi connectivity index (χ0n) is 14.3. The van der Waals surface area contributed by atoms with Gasteiger partial charge in [-0.1, -0.05) is 18.6 Å². The molecule has 0 fully saturated rings. The molecule has 0 bridgehead atoms. The summed E-state index contributed by atoms with van der Waals surface area (Å²) in [5, 5.41) is 10.4. The molecule has 22 heavy (non-hydrogen) atoms. The molecule has 1 heterocycles. The third-order valence-electron chi connectivity index (χ3n) is 5.40. The Labute approximate surface area is 134 Å². The van der Waals surface area contributed by atoms with Gasteiger partial charge >= 0.3 is 0 Å². The third kappa shape index (κ3) is 2.64. The molecule has 120 valence electrons. The Balaban J connectivity index is 1.95. The summed E-state index contributed by atoms with van der Waals surface area (Å²) >= 11 is 0. The molecule has 2 aliphatic rings. The first-order chi connectivity index (χ1) is 10.5. The number of ether oxygens (including phenoxy) is 1. The van der Waals surface area contributed by atoms with E-state index in [0.717, 1.165) is 29.9 Å². The summed E-state index contributed by atoms with van der Waals surface area (Å²) in [6, 6.07) is 1.89. The second-order valence-electron chi connectivity index (χ2n) is 7.38. The smallest absolute Gasteiger partial charge is 0.126 e. The molecule has 2 heteroatoms. The van der Waals surface area contributed by atoms with Crippen molar-refractivity contribution in [2.24, 2.45) is 5.92 Å². The highest BCUT2D eigenvalue weighted by Crippen LogP contribution is 2.53. The Kier molecular flexibility index (Phi) is 4.20. The van der Waals surface area contributed by atoms with Crippen LogP contribution in [-0.4, -0.2) is 11.7 Å². The normalized spacial score (nSPS) is 26.1. The number of aryl methyl sites for hydroxylation is 1. The quantitative estimate of drug-likeness (QED) is 0.753. The van der Waals surface area contributed by atoms with Crippen LogP contribution in [0.5, 0.6) is 11.5 Å². The van der Waals surface area contributed by atoms with Gasteiger partial charge in [0.1, 0.15) is 11.5 Å². The van der Waals surface area contributed by atoms with Gasteiger partial charge in [-0.3, -0.25) is 0 Å². The van der Waals surface area contributed by atoms with Gasteiger partial charge in [0.2, 0.25) is 0 Å². The van der Waals surface area contributed by atoms with Crippen molar-refractivity contribution >= 4 is 0 Å². The van der Waals surface area contributed by atoms with Crippen LogP contribution in [0, 0.1) is 12.8 Å². The van der Waals surface area contributed by atoms with Crippen molar-refractivity contribution < 1.29 is 9.84 Å². The molecule has 1 aliphatic carbocycles. The molecule has 0 unspecified atom stereocenters. The van der Waals surface area contributed by atoms with Gasteiger partial charge in [0, 0.05) is 17.0 Å². The third-order valence-corrected chi connectivity index (χ3v) is 5.40. The number of phenols is 1. The highest BCUT2D eigenvalue weighted by molar-refractivity contribution is 5.57. The Morgan fingerprint density at radius 2 is 2.09 bits per heavy atom. The van der Waals surface area contributed by atoms with Crippen molar-refractivity contribution in [1.82, 2.24) is 0 Å². The fraction of sp³-hybridized carbons (Fsp3) is 0.600. The minimum atomic E-state index is 0.436. The average molecular weight is 300 g/mol. The lowest BCUT2D eigenvalue weighted by Crippen LogP contribution is -2.30. The van der Waals surface area contributed by atoms with Gasteiger partial charge in [0.15, 0.2) is 0 Å². The number of hydrogen-bond acceptors (Lipinski definition) is 2. The fourth-order valence-electron chi connectivity index (χ4n) is 4.27. The molecular formula is C20H28O2. The highest BCUT2D eigenvalue weighted by atomic mass is 16.5. The van der Waals surface area contributed by atoms with E-state index in [1.807, 2.05) is 6.07 Å². The first-order valence-corrected chi connectivity index (χ1v) is 8.61. The van der Waals surface area contributed by atoms with Crippen LogP contribution < -0.4 is 4.74 Å². The van der Waals surface area contributed by atoms with Crippen LogP contribution in [0.25, 0.3) is 0 Å². The molecule has 3 atom stereocenters. The van der Waals surface area contributed by atoms with E-state index >= 15 is 0 Å². The number of allylic oxidation sites excluding steroid dienone is 2. The number of phenolic OH excluding ortho intramolecular Hbond substituents is 1. The van der Waals surface area contributed by atoms with E-state index in [0.29, 0.717) is 23.5 Å². The van der Waals surface area contributed by atoms with Gasteiger partial charge < -0.3 is 9.84 Å². The molecule has 0 saturated carbocycles. The summed E-state index contributed by atoms with van der Waals surface area (Å²) in [5.74, 6) is 3.11. The van der Waals surface area contributed by atoms with Crippen molar-refractivity contribution in [1.29, 1.82) is 0 Å². The summed E-state index contributed by atoms with van der Waals surface area (Å²) in [6.45, 7) is 9.43. The Bertz CT molecular complexity index is 596. The van der Waals surface area contributed by atoms with Crippen LogP contribution in [0.4, 0.5) is 0 Å². The van der Waals surface area contributed by atoms with E-state index in [2.05, 4.69) is 33.8 Å². The van der Waals surface area contributed by atoms with Gasteiger partial charge in [-0.2, -0.15) is 0 Å². The van der Waals surface area contributed by atoms with E-state index in [4.69, 9.17) is 4.74 Å². The first-order valence-electron chi connectivity index (χ1n) is 8.61. The van der Waals surface area contributed by atoms with Gasteiger partial charge in [-0.15, -0.1) is 0 Å². The molecule has 1 aromatic rings. The lowest BCUT2D eigenvalue weighted by molar-refractivity contribution is 0.169. The summed E-state index contributed by atoms with van der Waals surface area (Å²) < 4.78 is 6.14. The topological polar surface area (TPSA) is 29.5 Å². The average Bonchev–Trinajstić information content (AvgIpc) is 2.45. The Morgan fingerprint density at radius 1 is 1.32 bits per heavy atom.